The summed E-state index contributed by atoms with van der Waals surface area (Å²) in [7, 11) is 0. The predicted octanol–water partition coefficient (Wildman–Crippen LogP) is 2.54. The van der Waals surface area contributed by atoms with Crippen molar-refractivity contribution in [3.8, 4) is 0 Å². The van der Waals surface area contributed by atoms with Gasteiger partial charge >= 0.3 is 0 Å². The number of hydrogen-bond acceptors (Lipinski definition) is 1. The molecule has 0 heterocycles. The second-order valence-corrected chi connectivity index (χ2v) is 4.19. The van der Waals surface area contributed by atoms with E-state index in [1.165, 1.54) is 25.7 Å². The number of nitrogens with one attached hydrogen (secondary N) is 1. The normalized spacial score (nSPS) is 22.9. The molecular formula is C9H18ClN. The van der Waals surface area contributed by atoms with Gasteiger partial charge in [-0.15, -0.1) is 11.6 Å². The number of alkyl halides is 1. The van der Waals surface area contributed by atoms with E-state index in [0.29, 0.717) is 6.04 Å². The van der Waals surface area contributed by atoms with E-state index in [0.717, 1.165) is 5.88 Å². The van der Waals surface area contributed by atoms with Gasteiger partial charge in [0.05, 0.1) is 0 Å². The summed E-state index contributed by atoms with van der Waals surface area (Å²) in [4.78, 5) is 0. The van der Waals surface area contributed by atoms with Crippen LogP contribution in [0.25, 0.3) is 0 Å². The highest BCUT2D eigenvalue weighted by atomic mass is 35.5. The number of halogens is 1. The van der Waals surface area contributed by atoms with E-state index < -0.39 is 0 Å². The topological polar surface area (TPSA) is 12.0 Å². The van der Waals surface area contributed by atoms with E-state index in [1.54, 1.807) is 0 Å². The Balaban J connectivity index is 2.45. The van der Waals surface area contributed by atoms with Crippen LogP contribution in [0.3, 0.4) is 0 Å². The van der Waals surface area contributed by atoms with Gasteiger partial charge in [0.2, 0.25) is 0 Å². The standard InChI is InChI=1S/C9H18ClN/c1-8(2)11-9(7-10)5-3-4-6-9/h8,11H,3-7H2,1-2H3. The Morgan fingerprint density at radius 3 is 2.27 bits per heavy atom. The second-order valence-electron chi connectivity index (χ2n) is 3.92. The van der Waals surface area contributed by atoms with Crippen molar-refractivity contribution in [1.82, 2.24) is 5.32 Å². The minimum atomic E-state index is 0.274. The van der Waals surface area contributed by atoms with E-state index in [2.05, 4.69) is 19.2 Å². The zero-order valence-electron chi connectivity index (χ0n) is 7.49. The van der Waals surface area contributed by atoms with Gasteiger partial charge in [-0.05, 0) is 12.8 Å². The molecule has 2 heteroatoms. The Morgan fingerprint density at radius 1 is 1.36 bits per heavy atom. The monoisotopic (exact) mass is 175 g/mol. The molecule has 0 amide bonds. The summed E-state index contributed by atoms with van der Waals surface area (Å²) in [5.41, 5.74) is 0.274. The molecule has 1 rings (SSSR count). The Hall–Kier alpha value is 0.250. The molecule has 1 fully saturated rings. The van der Waals surface area contributed by atoms with E-state index >= 15 is 0 Å². The van der Waals surface area contributed by atoms with Crippen molar-refractivity contribution in [2.75, 3.05) is 5.88 Å². The average Bonchev–Trinajstić information content (AvgIpc) is 2.36. The maximum absolute atomic E-state index is 5.95. The third-order valence-corrected chi connectivity index (χ3v) is 2.92. The maximum Gasteiger partial charge on any atom is 0.0406 e. The van der Waals surface area contributed by atoms with Crippen molar-refractivity contribution < 1.29 is 0 Å². The third kappa shape index (κ3) is 2.34. The summed E-state index contributed by atoms with van der Waals surface area (Å²) >= 11 is 5.95. The van der Waals surface area contributed by atoms with Crippen LogP contribution >= 0.6 is 11.6 Å². The number of rotatable bonds is 3. The van der Waals surface area contributed by atoms with Gasteiger partial charge < -0.3 is 5.32 Å². The Morgan fingerprint density at radius 2 is 1.91 bits per heavy atom. The first kappa shape index (κ1) is 9.34. The first-order valence-electron chi connectivity index (χ1n) is 4.52. The molecule has 0 aromatic carbocycles. The molecule has 1 aliphatic rings. The van der Waals surface area contributed by atoms with Crippen LogP contribution in [-0.4, -0.2) is 17.5 Å². The highest BCUT2D eigenvalue weighted by Crippen LogP contribution is 2.30. The summed E-state index contributed by atoms with van der Waals surface area (Å²) in [6.07, 6.45) is 5.20. The van der Waals surface area contributed by atoms with Gasteiger partial charge in [-0.25, -0.2) is 0 Å². The lowest BCUT2D eigenvalue weighted by Crippen LogP contribution is -2.47. The van der Waals surface area contributed by atoms with E-state index in [-0.39, 0.29) is 5.54 Å². The van der Waals surface area contributed by atoms with Crippen molar-refractivity contribution in [3.63, 3.8) is 0 Å². The first-order chi connectivity index (χ1) is 5.18. The van der Waals surface area contributed by atoms with Crippen LogP contribution in [0, 0.1) is 0 Å². The molecule has 1 nitrogen and oxygen atoms in total. The Bertz CT molecular complexity index is 117. The molecule has 0 spiro atoms. The lowest BCUT2D eigenvalue weighted by Gasteiger charge is -2.30. The van der Waals surface area contributed by atoms with Crippen LogP contribution in [0.4, 0.5) is 0 Å². The van der Waals surface area contributed by atoms with Crippen LogP contribution in [0.5, 0.6) is 0 Å². The zero-order valence-corrected chi connectivity index (χ0v) is 8.25. The molecular weight excluding hydrogens is 158 g/mol. The van der Waals surface area contributed by atoms with E-state index in [4.69, 9.17) is 11.6 Å². The van der Waals surface area contributed by atoms with Crippen molar-refractivity contribution in [1.29, 1.82) is 0 Å². The lowest BCUT2D eigenvalue weighted by molar-refractivity contribution is 0.339. The fraction of sp³-hybridized carbons (Fsp3) is 1.00. The van der Waals surface area contributed by atoms with Crippen molar-refractivity contribution >= 4 is 11.6 Å². The van der Waals surface area contributed by atoms with Gasteiger partial charge in [0, 0.05) is 17.5 Å². The van der Waals surface area contributed by atoms with Crippen molar-refractivity contribution in [3.05, 3.63) is 0 Å². The molecule has 0 aliphatic heterocycles. The first-order valence-corrected chi connectivity index (χ1v) is 5.06. The highest BCUT2D eigenvalue weighted by Gasteiger charge is 2.32. The van der Waals surface area contributed by atoms with E-state index in [1.807, 2.05) is 0 Å². The molecule has 66 valence electrons. The zero-order chi connectivity index (χ0) is 8.32. The molecule has 0 radical (unpaired) electrons. The molecule has 0 aromatic heterocycles. The molecule has 0 aromatic rings. The summed E-state index contributed by atoms with van der Waals surface area (Å²) in [5.74, 6) is 0.769. The van der Waals surface area contributed by atoms with Crippen LogP contribution in [0.2, 0.25) is 0 Å². The minimum Gasteiger partial charge on any atom is -0.308 e. The molecule has 1 aliphatic carbocycles. The van der Waals surface area contributed by atoms with Crippen LogP contribution in [0.1, 0.15) is 39.5 Å². The molecule has 0 atom stereocenters. The summed E-state index contributed by atoms with van der Waals surface area (Å²) in [6.45, 7) is 4.37. The summed E-state index contributed by atoms with van der Waals surface area (Å²) in [5, 5.41) is 3.57. The smallest absolute Gasteiger partial charge is 0.0406 e. The van der Waals surface area contributed by atoms with Gasteiger partial charge in [0.15, 0.2) is 0 Å². The summed E-state index contributed by atoms with van der Waals surface area (Å²) < 4.78 is 0. The van der Waals surface area contributed by atoms with Gasteiger partial charge in [-0.2, -0.15) is 0 Å². The fourth-order valence-electron chi connectivity index (χ4n) is 1.98. The quantitative estimate of drug-likeness (QED) is 0.651. The van der Waals surface area contributed by atoms with Crippen LogP contribution < -0.4 is 5.32 Å². The average molecular weight is 176 g/mol. The van der Waals surface area contributed by atoms with Gasteiger partial charge in [-0.3, -0.25) is 0 Å². The molecule has 0 bridgehead atoms. The molecule has 1 N–H and O–H groups in total. The SMILES string of the molecule is CC(C)NC1(CCl)CCCC1. The van der Waals surface area contributed by atoms with Gasteiger partial charge in [0.1, 0.15) is 0 Å². The predicted molar refractivity (Wildman–Crippen MR) is 50.2 cm³/mol. The minimum absolute atomic E-state index is 0.274. The second kappa shape index (κ2) is 3.77. The highest BCUT2D eigenvalue weighted by molar-refractivity contribution is 6.18. The van der Waals surface area contributed by atoms with Crippen molar-refractivity contribution in [2.45, 2.75) is 51.1 Å². The van der Waals surface area contributed by atoms with Gasteiger partial charge in [-0.1, -0.05) is 26.7 Å². The lowest BCUT2D eigenvalue weighted by atomic mass is 9.99. The third-order valence-electron chi connectivity index (χ3n) is 2.41. The fourth-order valence-corrected chi connectivity index (χ4v) is 2.33. The van der Waals surface area contributed by atoms with Crippen LogP contribution in [0.15, 0.2) is 0 Å². The molecule has 1 saturated carbocycles. The van der Waals surface area contributed by atoms with Crippen molar-refractivity contribution in [2.24, 2.45) is 0 Å². The molecule has 11 heavy (non-hydrogen) atoms. The summed E-state index contributed by atoms with van der Waals surface area (Å²) in [6, 6.07) is 0.562. The Labute approximate surface area is 74.5 Å². The molecule has 0 unspecified atom stereocenters. The maximum atomic E-state index is 5.95. The molecule has 0 saturated heterocycles. The number of hydrogen-bond donors (Lipinski definition) is 1. The Kier molecular flexibility index (Phi) is 3.20. The van der Waals surface area contributed by atoms with Gasteiger partial charge in [0.25, 0.3) is 0 Å². The van der Waals surface area contributed by atoms with E-state index in [9.17, 15) is 0 Å². The van der Waals surface area contributed by atoms with Crippen LogP contribution in [-0.2, 0) is 0 Å². The largest absolute Gasteiger partial charge is 0.308 e.